The molecule has 0 amide bonds. The fourth-order valence-corrected chi connectivity index (χ4v) is 2.12. The van der Waals surface area contributed by atoms with Crippen LogP contribution in [0.25, 0.3) is 0 Å². The molecular formula is C13H19NO2. The minimum Gasteiger partial charge on any atom is -0.487 e. The Balaban J connectivity index is 2.12. The van der Waals surface area contributed by atoms with Crippen molar-refractivity contribution >= 4 is 0 Å². The zero-order chi connectivity index (χ0) is 11.7. The van der Waals surface area contributed by atoms with Gasteiger partial charge in [-0.1, -0.05) is 12.1 Å². The molecule has 0 heterocycles. The highest BCUT2D eigenvalue weighted by atomic mass is 16.5. The smallest absolute Gasteiger partial charge is 0.126 e. The Bertz CT molecular complexity index is 378. The predicted molar refractivity (Wildman–Crippen MR) is 63.5 cm³/mol. The SMILES string of the molecule is Cc1cccc(OC2CCC(N)C2O)c1C. The summed E-state index contributed by atoms with van der Waals surface area (Å²) < 4.78 is 5.84. The minimum atomic E-state index is -0.542. The van der Waals surface area contributed by atoms with Gasteiger partial charge in [0, 0.05) is 6.04 Å². The van der Waals surface area contributed by atoms with Crippen LogP contribution in [0.5, 0.6) is 5.75 Å². The molecule has 1 fully saturated rings. The average Bonchev–Trinajstić information content (AvgIpc) is 2.57. The van der Waals surface area contributed by atoms with Gasteiger partial charge in [0.15, 0.2) is 0 Å². The molecule has 0 bridgehead atoms. The zero-order valence-corrected chi connectivity index (χ0v) is 9.81. The van der Waals surface area contributed by atoms with Crippen LogP contribution in [0.1, 0.15) is 24.0 Å². The summed E-state index contributed by atoms with van der Waals surface area (Å²) >= 11 is 0. The Hall–Kier alpha value is -1.06. The lowest BCUT2D eigenvalue weighted by molar-refractivity contribution is 0.0517. The third-order valence-corrected chi connectivity index (χ3v) is 3.44. The summed E-state index contributed by atoms with van der Waals surface area (Å²) in [5.74, 6) is 0.859. The van der Waals surface area contributed by atoms with Gasteiger partial charge in [-0.15, -0.1) is 0 Å². The first-order valence-electron chi connectivity index (χ1n) is 5.76. The molecular weight excluding hydrogens is 202 g/mol. The topological polar surface area (TPSA) is 55.5 Å². The van der Waals surface area contributed by atoms with Crippen molar-refractivity contribution in [2.24, 2.45) is 5.73 Å². The van der Waals surface area contributed by atoms with Crippen LogP contribution in [0.3, 0.4) is 0 Å². The van der Waals surface area contributed by atoms with Crippen LogP contribution in [-0.4, -0.2) is 23.4 Å². The summed E-state index contributed by atoms with van der Waals surface area (Å²) in [5.41, 5.74) is 8.10. The van der Waals surface area contributed by atoms with Gasteiger partial charge in [-0.05, 0) is 43.9 Å². The van der Waals surface area contributed by atoms with E-state index in [0.717, 1.165) is 24.2 Å². The number of nitrogens with two attached hydrogens (primary N) is 1. The highest BCUT2D eigenvalue weighted by Crippen LogP contribution is 2.27. The number of aliphatic hydroxyl groups is 1. The number of rotatable bonds is 2. The Labute approximate surface area is 96.2 Å². The van der Waals surface area contributed by atoms with Gasteiger partial charge < -0.3 is 15.6 Å². The van der Waals surface area contributed by atoms with Crippen LogP contribution >= 0.6 is 0 Å². The summed E-state index contributed by atoms with van der Waals surface area (Å²) in [7, 11) is 0. The van der Waals surface area contributed by atoms with E-state index in [0.29, 0.717) is 0 Å². The molecule has 1 aliphatic carbocycles. The van der Waals surface area contributed by atoms with E-state index in [9.17, 15) is 5.11 Å². The maximum atomic E-state index is 9.83. The number of hydrogen-bond acceptors (Lipinski definition) is 3. The van der Waals surface area contributed by atoms with E-state index < -0.39 is 6.10 Å². The normalized spacial score (nSPS) is 29.4. The minimum absolute atomic E-state index is 0.143. The second-order valence-corrected chi connectivity index (χ2v) is 4.59. The van der Waals surface area contributed by atoms with Crippen LogP contribution in [0.2, 0.25) is 0 Å². The highest BCUT2D eigenvalue weighted by molar-refractivity contribution is 5.38. The molecule has 1 aromatic carbocycles. The van der Waals surface area contributed by atoms with Gasteiger partial charge in [-0.25, -0.2) is 0 Å². The van der Waals surface area contributed by atoms with E-state index >= 15 is 0 Å². The average molecular weight is 221 g/mol. The second-order valence-electron chi connectivity index (χ2n) is 4.59. The highest BCUT2D eigenvalue weighted by Gasteiger charge is 2.34. The number of ether oxygens (including phenoxy) is 1. The van der Waals surface area contributed by atoms with Gasteiger partial charge >= 0.3 is 0 Å². The van der Waals surface area contributed by atoms with Crippen molar-refractivity contribution in [1.29, 1.82) is 0 Å². The first kappa shape index (κ1) is 11.4. The van der Waals surface area contributed by atoms with Crippen LogP contribution in [0, 0.1) is 13.8 Å². The largest absolute Gasteiger partial charge is 0.487 e. The van der Waals surface area contributed by atoms with E-state index in [2.05, 4.69) is 13.0 Å². The maximum Gasteiger partial charge on any atom is 0.126 e. The van der Waals surface area contributed by atoms with Gasteiger partial charge in [0.05, 0.1) is 0 Å². The molecule has 3 N–H and O–H groups in total. The zero-order valence-electron chi connectivity index (χ0n) is 9.81. The third-order valence-electron chi connectivity index (χ3n) is 3.44. The Morgan fingerprint density at radius 2 is 2.06 bits per heavy atom. The van der Waals surface area contributed by atoms with E-state index in [1.54, 1.807) is 0 Å². The maximum absolute atomic E-state index is 9.83. The van der Waals surface area contributed by atoms with E-state index in [-0.39, 0.29) is 12.1 Å². The van der Waals surface area contributed by atoms with Gasteiger partial charge in [0.2, 0.25) is 0 Å². The summed E-state index contributed by atoms with van der Waals surface area (Å²) in [6.07, 6.45) is 0.960. The van der Waals surface area contributed by atoms with Gasteiger partial charge in [0.25, 0.3) is 0 Å². The van der Waals surface area contributed by atoms with Crippen LogP contribution in [-0.2, 0) is 0 Å². The molecule has 1 aromatic rings. The van der Waals surface area contributed by atoms with E-state index in [1.165, 1.54) is 5.56 Å². The van der Waals surface area contributed by atoms with Gasteiger partial charge in [-0.2, -0.15) is 0 Å². The number of hydrogen-bond donors (Lipinski definition) is 2. The standard InChI is InChI=1S/C13H19NO2/c1-8-4-3-5-11(9(8)2)16-12-7-6-10(14)13(12)15/h3-5,10,12-13,15H,6-7,14H2,1-2H3. The van der Waals surface area contributed by atoms with Crippen molar-refractivity contribution in [1.82, 2.24) is 0 Å². The summed E-state index contributed by atoms with van der Waals surface area (Å²) in [4.78, 5) is 0. The van der Waals surface area contributed by atoms with Gasteiger partial charge in [-0.3, -0.25) is 0 Å². The Kier molecular flexibility index (Phi) is 3.17. The summed E-state index contributed by atoms with van der Waals surface area (Å²) in [6.45, 7) is 4.09. The number of benzene rings is 1. The third kappa shape index (κ3) is 2.06. The molecule has 3 atom stereocenters. The molecule has 3 unspecified atom stereocenters. The summed E-state index contributed by atoms with van der Waals surface area (Å²) in [5, 5.41) is 9.83. The Morgan fingerprint density at radius 1 is 1.31 bits per heavy atom. The van der Waals surface area contributed by atoms with Crippen molar-refractivity contribution in [3.63, 3.8) is 0 Å². The van der Waals surface area contributed by atoms with Crippen molar-refractivity contribution < 1.29 is 9.84 Å². The quantitative estimate of drug-likeness (QED) is 0.796. The fourth-order valence-electron chi connectivity index (χ4n) is 2.12. The fraction of sp³-hybridized carbons (Fsp3) is 0.538. The van der Waals surface area contributed by atoms with E-state index in [1.807, 2.05) is 19.1 Å². The molecule has 1 aliphatic rings. The monoisotopic (exact) mass is 221 g/mol. The molecule has 0 radical (unpaired) electrons. The van der Waals surface area contributed by atoms with Crippen LogP contribution in [0.4, 0.5) is 0 Å². The molecule has 0 saturated heterocycles. The molecule has 3 nitrogen and oxygen atoms in total. The number of aliphatic hydroxyl groups excluding tert-OH is 1. The molecule has 0 spiro atoms. The second kappa shape index (κ2) is 4.44. The van der Waals surface area contributed by atoms with E-state index in [4.69, 9.17) is 10.5 Å². The first-order valence-corrected chi connectivity index (χ1v) is 5.76. The first-order chi connectivity index (χ1) is 7.59. The molecule has 3 heteroatoms. The van der Waals surface area contributed by atoms with Crippen LogP contribution < -0.4 is 10.5 Å². The molecule has 2 rings (SSSR count). The van der Waals surface area contributed by atoms with Gasteiger partial charge in [0.1, 0.15) is 18.0 Å². The Morgan fingerprint density at radius 3 is 2.69 bits per heavy atom. The summed E-state index contributed by atoms with van der Waals surface area (Å²) in [6, 6.07) is 5.83. The van der Waals surface area contributed by atoms with Crippen molar-refractivity contribution in [2.45, 2.75) is 44.9 Å². The molecule has 88 valence electrons. The van der Waals surface area contributed by atoms with Crippen molar-refractivity contribution in [3.8, 4) is 5.75 Å². The number of aryl methyl sites for hydroxylation is 1. The van der Waals surface area contributed by atoms with Crippen molar-refractivity contribution in [2.75, 3.05) is 0 Å². The molecule has 0 aromatic heterocycles. The lowest BCUT2D eigenvalue weighted by Gasteiger charge is -2.20. The lowest BCUT2D eigenvalue weighted by Crippen LogP contribution is -2.37. The lowest BCUT2D eigenvalue weighted by atomic mass is 10.1. The molecule has 0 aliphatic heterocycles. The predicted octanol–water partition coefficient (Wildman–Crippen LogP) is 1.53. The molecule has 1 saturated carbocycles. The van der Waals surface area contributed by atoms with Crippen molar-refractivity contribution in [3.05, 3.63) is 29.3 Å². The van der Waals surface area contributed by atoms with Crippen LogP contribution in [0.15, 0.2) is 18.2 Å². The molecule has 16 heavy (non-hydrogen) atoms.